The molecule has 0 saturated heterocycles. The summed E-state index contributed by atoms with van der Waals surface area (Å²) in [6.45, 7) is 0. The van der Waals surface area contributed by atoms with E-state index < -0.39 is 0 Å². The molecule has 2 N–H and O–H groups in total. The van der Waals surface area contributed by atoms with Crippen LogP contribution >= 0.6 is 23.1 Å². The number of esters is 1. The maximum absolute atomic E-state index is 11.8. The molecule has 2 rings (SSSR count). The maximum atomic E-state index is 11.8. The van der Waals surface area contributed by atoms with Crippen molar-refractivity contribution >= 4 is 40.5 Å². The van der Waals surface area contributed by atoms with E-state index >= 15 is 0 Å². The monoisotopic (exact) mass is 319 g/mol. The lowest BCUT2D eigenvalue weighted by molar-refractivity contribution is 0.0740. The molecule has 0 spiro atoms. The highest BCUT2D eigenvalue weighted by atomic mass is 32.2. The second-order valence-electron chi connectivity index (χ2n) is 3.82. The summed E-state index contributed by atoms with van der Waals surface area (Å²) in [5.41, 5.74) is 6.34. The molecule has 0 saturated carbocycles. The number of carbonyl (C=O) groups is 1. The van der Waals surface area contributed by atoms with E-state index in [-0.39, 0.29) is 5.97 Å². The van der Waals surface area contributed by atoms with Gasteiger partial charge in [-0.2, -0.15) is 5.10 Å². The van der Waals surface area contributed by atoms with Crippen molar-refractivity contribution in [1.29, 1.82) is 0 Å². The lowest BCUT2D eigenvalue weighted by Gasteiger charge is -2.02. The summed E-state index contributed by atoms with van der Waals surface area (Å²) >= 11 is 2.67. The topological polar surface area (TPSA) is 77.0 Å². The van der Waals surface area contributed by atoms with Crippen molar-refractivity contribution in [3.05, 3.63) is 52.2 Å². The molecule has 0 atom stereocenters. The van der Waals surface area contributed by atoms with Gasteiger partial charge in [0.1, 0.15) is 10.6 Å². The Labute approximate surface area is 130 Å². The number of thiophene rings is 1. The Bertz CT molecular complexity index is 649. The fraction of sp³-hybridized carbons (Fsp3) is 0.0714. The largest absolute Gasteiger partial charge is 0.422 e. The Kier molecular flexibility index (Phi) is 5.53. The van der Waals surface area contributed by atoms with Crippen LogP contribution in [0, 0.1) is 0 Å². The molecule has 1 heterocycles. The van der Waals surface area contributed by atoms with E-state index in [2.05, 4.69) is 10.2 Å². The first-order chi connectivity index (χ1) is 10.2. The summed E-state index contributed by atoms with van der Waals surface area (Å²) in [7, 11) is 0. The molecule has 1 aromatic carbocycles. The van der Waals surface area contributed by atoms with Crippen molar-refractivity contribution in [2.45, 2.75) is 0 Å². The quantitative estimate of drug-likeness (QED) is 0.309. The van der Waals surface area contributed by atoms with Crippen LogP contribution in [-0.4, -0.2) is 23.6 Å². The van der Waals surface area contributed by atoms with Crippen molar-refractivity contribution in [2.75, 3.05) is 6.26 Å². The van der Waals surface area contributed by atoms with Gasteiger partial charge in [0.25, 0.3) is 0 Å². The molecule has 0 aliphatic heterocycles. The van der Waals surface area contributed by atoms with E-state index in [0.717, 1.165) is 5.56 Å². The molecule has 0 radical (unpaired) electrons. The summed E-state index contributed by atoms with van der Waals surface area (Å²) in [6, 6.07) is 10.5. The lowest BCUT2D eigenvalue weighted by Crippen LogP contribution is -2.06. The van der Waals surface area contributed by atoms with Gasteiger partial charge in [-0.3, -0.25) is 0 Å². The number of carbonyl (C=O) groups excluding carboxylic acids is 1. The van der Waals surface area contributed by atoms with Crippen LogP contribution in [0.4, 0.5) is 0 Å². The average molecular weight is 319 g/mol. The summed E-state index contributed by atoms with van der Waals surface area (Å²) in [4.78, 5) is 12.3. The molecule has 0 aliphatic rings. The van der Waals surface area contributed by atoms with E-state index in [1.807, 2.05) is 17.7 Å². The maximum Gasteiger partial charge on any atom is 0.353 e. The van der Waals surface area contributed by atoms with E-state index in [1.165, 1.54) is 23.1 Å². The summed E-state index contributed by atoms with van der Waals surface area (Å²) < 4.78 is 5.25. The van der Waals surface area contributed by atoms with Crippen LogP contribution in [0.3, 0.4) is 0 Å². The second-order valence-corrected chi connectivity index (χ2v) is 5.60. The third-order valence-electron chi connectivity index (χ3n) is 2.39. The Morgan fingerprint density at radius 2 is 2.10 bits per heavy atom. The first kappa shape index (κ1) is 15.3. The summed E-state index contributed by atoms with van der Waals surface area (Å²) in [5, 5.41) is 9.87. The zero-order chi connectivity index (χ0) is 15.1. The zero-order valence-corrected chi connectivity index (χ0v) is 12.9. The molecule has 0 fully saturated rings. The van der Waals surface area contributed by atoms with Crippen molar-refractivity contribution in [3.63, 3.8) is 0 Å². The Hall–Kier alpha value is -2.12. The van der Waals surface area contributed by atoms with Crippen LogP contribution in [0.5, 0.6) is 5.75 Å². The highest BCUT2D eigenvalue weighted by Gasteiger charge is 2.08. The van der Waals surface area contributed by atoms with Crippen LogP contribution in [0.25, 0.3) is 0 Å². The number of hydrogen-bond donors (Lipinski definition) is 1. The molecule has 5 nitrogen and oxygen atoms in total. The molecule has 1 aromatic heterocycles. The molecule has 21 heavy (non-hydrogen) atoms. The Balaban J connectivity index is 1.97. The molecule has 7 heteroatoms. The minimum Gasteiger partial charge on any atom is -0.422 e. The van der Waals surface area contributed by atoms with Gasteiger partial charge in [0, 0.05) is 0 Å². The normalized spacial score (nSPS) is 11.8. The van der Waals surface area contributed by atoms with Gasteiger partial charge in [-0.25, -0.2) is 4.79 Å². The van der Waals surface area contributed by atoms with E-state index in [9.17, 15) is 4.79 Å². The minimum atomic E-state index is -0.358. The molecule has 0 aliphatic carbocycles. The molecular formula is C14H13N3O2S2. The average Bonchev–Trinajstić information content (AvgIpc) is 3.03. The fourth-order valence-electron chi connectivity index (χ4n) is 1.37. The number of hydrogen-bond acceptors (Lipinski definition) is 6. The van der Waals surface area contributed by atoms with Gasteiger partial charge in [-0.15, -0.1) is 16.4 Å². The molecule has 0 unspecified atom stereocenters. The van der Waals surface area contributed by atoms with Crippen LogP contribution in [-0.2, 0) is 0 Å². The third kappa shape index (κ3) is 4.73. The van der Waals surface area contributed by atoms with Gasteiger partial charge in [0.05, 0.1) is 6.21 Å². The highest BCUT2D eigenvalue weighted by molar-refractivity contribution is 8.13. The van der Waals surface area contributed by atoms with Gasteiger partial charge in [0.2, 0.25) is 0 Å². The Morgan fingerprint density at radius 3 is 2.71 bits per heavy atom. The van der Waals surface area contributed by atoms with Crippen molar-refractivity contribution in [1.82, 2.24) is 0 Å². The molecule has 108 valence electrons. The number of thioether (sulfide) groups is 1. The van der Waals surface area contributed by atoms with E-state index in [4.69, 9.17) is 10.5 Å². The SMILES string of the molecule is CS/C(N)=N/N=C\c1ccc(OC(=O)c2cccs2)cc1. The number of nitrogens with two attached hydrogens (primary N) is 1. The third-order valence-corrected chi connectivity index (χ3v) is 3.74. The van der Waals surface area contributed by atoms with E-state index in [0.29, 0.717) is 15.8 Å². The zero-order valence-electron chi connectivity index (χ0n) is 11.2. The first-order valence-corrected chi connectivity index (χ1v) is 8.05. The predicted octanol–water partition coefficient (Wildman–Crippen LogP) is 2.98. The highest BCUT2D eigenvalue weighted by Crippen LogP contribution is 2.16. The number of benzene rings is 1. The van der Waals surface area contributed by atoms with Gasteiger partial charge in [-0.1, -0.05) is 17.8 Å². The summed E-state index contributed by atoms with van der Waals surface area (Å²) in [6.07, 6.45) is 3.40. The molecule has 2 aromatic rings. The van der Waals surface area contributed by atoms with Crippen molar-refractivity contribution in [2.24, 2.45) is 15.9 Å². The number of nitrogens with zero attached hydrogens (tertiary/aromatic N) is 2. The van der Waals surface area contributed by atoms with Crippen molar-refractivity contribution < 1.29 is 9.53 Å². The Morgan fingerprint density at radius 1 is 1.33 bits per heavy atom. The summed E-state index contributed by atoms with van der Waals surface area (Å²) in [5.74, 6) is 0.126. The molecular weight excluding hydrogens is 306 g/mol. The first-order valence-electron chi connectivity index (χ1n) is 5.95. The van der Waals surface area contributed by atoms with Gasteiger partial charge in [0.15, 0.2) is 5.17 Å². The predicted molar refractivity (Wildman–Crippen MR) is 88.5 cm³/mol. The number of rotatable bonds is 4. The second kappa shape index (κ2) is 7.61. The van der Waals surface area contributed by atoms with Gasteiger partial charge in [-0.05, 0) is 47.5 Å². The van der Waals surface area contributed by atoms with Crippen LogP contribution < -0.4 is 10.5 Å². The van der Waals surface area contributed by atoms with E-state index in [1.54, 1.807) is 36.5 Å². The van der Waals surface area contributed by atoms with Crippen LogP contribution in [0.1, 0.15) is 15.2 Å². The molecule has 0 bridgehead atoms. The fourth-order valence-corrected chi connectivity index (χ4v) is 2.09. The standard InChI is InChI=1S/C14H13N3O2S2/c1-20-14(15)17-16-9-10-4-6-11(7-5-10)19-13(18)12-3-2-8-21-12/h2-9H,1H3,(H2,15,17)/b16-9-. The number of ether oxygens (including phenoxy) is 1. The van der Waals surface area contributed by atoms with Gasteiger partial charge >= 0.3 is 5.97 Å². The van der Waals surface area contributed by atoms with Crippen molar-refractivity contribution in [3.8, 4) is 5.75 Å². The van der Waals surface area contributed by atoms with Gasteiger partial charge < -0.3 is 10.5 Å². The molecule has 0 amide bonds. The minimum absolute atomic E-state index is 0.358. The lowest BCUT2D eigenvalue weighted by atomic mass is 10.2. The van der Waals surface area contributed by atoms with Crippen LogP contribution in [0.2, 0.25) is 0 Å². The van der Waals surface area contributed by atoms with Crippen LogP contribution in [0.15, 0.2) is 52.0 Å². The smallest absolute Gasteiger partial charge is 0.353 e. The number of amidine groups is 1.